The number of carbonyl (C=O) groups is 1. The number of H-pyrrole nitrogens is 1. The maximum atomic E-state index is 12.0. The van der Waals surface area contributed by atoms with Crippen molar-refractivity contribution in [1.29, 1.82) is 0 Å². The highest BCUT2D eigenvalue weighted by molar-refractivity contribution is 6.30. The number of amides is 1. The molecule has 3 nitrogen and oxygen atoms in total. The molecule has 0 saturated heterocycles. The van der Waals surface area contributed by atoms with Gasteiger partial charge in [-0.15, -0.1) is 0 Å². The average molecular weight is 329 g/mol. The van der Waals surface area contributed by atoms with Gasteiger partial charge in [-0.05, 0) is 47.7 Å². The molecule has 0 aliphatic heterocycles. The fourth-order valence-corrected chi connectivity index (χ4v) is 3.57. The average Bonchev–Trinajstić information content (AvgIpc) is 3.01. The summed E-state index contributed by atoms with van der Waals surface area (Å²) in [5.74, 6) is 0.538. The van der Waals surface area contributed by atoms with Crippen molar-refractivity contribution in [3.63, 3.8) is 0 Å². The molecule has 1 unspecified atom stereocenters. The Morgan fingerprint density at radius 2 is 2.26 bits per heavy atom. The second kappa shape index (κ2) is 6.63. The van der Waals surface area contributed by atoms with Crippen LogP contribution in [0.15, 0.2) is 42.1 Å². The van der Waals surface area contributed by atoms with Gasteiger partial charge in [0.05, 0.1) is 0 Å². The van der Waals surface area contributed by atoms with Crippen LogP contribution in [0, 0.1) is 0 Å². The van der Waals surface area contributed by atoms with Crippen LogP contribution in [0.4, 0.5) is 0 Å². The van der Waals surface area contributed by atoms with E-state index in [4.69, 9.17) is 11.6 Å². The summed E-state index contributed by atoms with van der Waals surface area (Å²) in [6, 6.07) is 9.96. The van der Waals surface area contributed by atoms with Gasteiger partial charge >= 0.3 is 0 Å². The summed E-state index contributed by atoms with van der Waals surface area (Å²) >= 11 is 6.16. The summed E-state index contributed by atoms with van der Waals surface area (Å²) in [5.41, 5.74) is 4.87. The third kappa shape index (κ3) is 3.35. The molecular weight excluding hydrogens is 308 g/mol. The number of nitrogens with one attached hydrogen (secondary N) is 2. The molecule has 3 rings (SSSR count). The molecule has 0 spiro atoms. The maximum absolute atomic E-state index is 12.0. The molecule has 1 aromatic carbocycles. The molecule has 120 valence electrons. The number of aromatic amines is 1. The van der Waals surface area contributed by atoms with Gasteiger partial charge in [0.25, 0.3) is 0 Å². The van der Waals surface area contributed by atoms with Crippen LogP contribution in [-0.2, 0) is 4.79 Å². The largest absolute Gasteiger partial charge is 0.361 e. The van der Waals surface area contributed by atoms with Gasteiger partial charge in [-0.1, -0.05) is 36.2 Å². The number of hydrogen-bond acceptors (Lipinski definition) is 1. The van der Waals surface area contributed by atoms with E-state index in [1.54, 1.807) is 7.05 Å². The topological polar surface area (TPSA) is 44.9 Å². The second-order valence-electron chi connectivity index (χ2n) is 6.16. The maximum Gasteiger partial charge on any atom is 0.220 e. The molecule has 23 heavy (non-hydrogen) atoms. The Bertz CT molecular complexity index is 747. The van der Waals surface area contributed by atoms with E-state index >= 15 is 0 Å². The monoisotopic (exact) mass is 328 g/mol. The normalized spacial score (nSPS) is 18.0. The van der Waals surface area contributed by atoms with Crippen LogP contribution in [0.1, 0.15) is 48.4 Å². The summed E-state index contributed by atoms with van der Waals surface area (Å²) in [5, 5.41) is 3.44. The standard InChI is InChI=1S/C19H21ClN2O/c1-12-8-14(10-18-16(12)6-7-22-18)17(11-19(23)21-2)13-4-3-5-15(20)9-13/h3-7,9-10,12,17,22H,8,11H2,1-2H3,(H,21,23)/t12-,17?/m1/s1. The fraction of sp³-hybridized carbons (Fsp3) is 0.316. The molecular formula is C19H21ClN2O. The zero-order valence-corrected chi connectivity index (χ0v) is 14.2. The van der Waals surface area contributed by atoms with Gasteiger partial charge in [-0.25, -0.2) is 0 Å². The summed E-state index contributed by atoms with van der Waals surface area (Å²) in [4.78, 5) is 15.3. The van der Waals surface area contributed by atoms with Crippen LogP contribution in [0.25, 0.3) is 6.08 Å². The SMILES string of the molecule is CNC(=O)CC(C1=Cc2[nH]ccc2[C@H](C)C1)c1cccc(Cl)c1. The van der Waals surface area contributed by atoms with Gasteiger partial charge < -0.3 is 10.3 Å². The highest BCUT2D eigenvalue weighted by Crippen LogP contribution is 2.41. The van der Waals surface area contributed by atoms with E-state index in [1.807, 2.05) is 24.4 Å². The molecule has 0 radical (unpaired) electrons. The van der Waals surface area contributed by atoms with Crippen molar-refractivity contribution in [3.8, 4) is 0 Å². The van der Waals surface area contributed by atoms with Gasteiger partial charge in [-0.2, -0.15) is 0 Å². The first-order valence-electron chi connectivity index (χ1n) is 7.92. The number of carbonyl (C=O) groups excluding carboxylic acids is 1. The molecule has 0 fully saturated rings. The predicted molar refractivity (Wildman–Crippen MR) is 94.7 cm³/mol. The first-order valence-corrected chi connectivity index (χ1v) is 8.30. The highest BCUT2D eigenvalue weighted by Gasteiger charge is 2.26. The van der Waals surface area contributed by atoms with Crippen LogP contribution in [0.5, 0.6) is 0 Å². The van der Waals surface area contributed by atoms with Crippen LogP contribution >= 0.6 is 11.6 Å². The van der Waals surface area contributed by atoms with Gasteiger partial charge in [0.1, 0.15) is 0 Å². The van der Waals surface area contributed by atoms with E-state index in [-0.39, 0.29) is 11.8 Å². The molecule has 0 bridgehead atoms. The molecule has 1 aliphatic rings. The van der Waals surface area contributed by atoms with E-state index in [9.17, 15) is 4.79 Å². The number of allylic oxidation sites excluding steroid dienone is 1. The zero-order valence-electron chi connectivity index (χ0n) is 13.4. The quantitative estimate of drug-likeness (QED) is 0.854. The molecule has 0 saturated carbocycles. The predicted octanol–water partition coefficient (Wildman–Crippen LogP) is 4.48. The Kier molecular flexibility index (Phi) is 4.58. The Balaban J connectivity index is 2.00. The molecule has 1 amide bonds. The van der Waals surface area contributed by atoms with E-state index in [2.05, 4.69) is 35.4 Å². The first-order chi connectivity index (χ1) is 11.1. The molecule has 2 atom stereocenters. The zero-order chi connectivity index (χ0) is 16.4. The number of fused-ring (bicyclic) bond motifs is 1. The van der Waals surface area contributed by atoms with Crippen molar-refractivity contribution in [2.24, 2.45) is 0 Å². The summed E-state index contributed by atoms with van der Waals surface area (Å²) in [6.45, 7) is 2.23. The van der Waals surface area contributed by atoms with Crippen molar-refractivity contribution in [2.45, 2.75) is 31.6 Å². The lowest BCUT2D eigenvalue weighted by Gasteiger charge is -2.27. The molecule has 1 aliphatic carbocycles. The number of rotatable bonds is 4. The third-order valence-corrected chi connectivity index (χ3v) is 4.82. The smallest absolute Gasteiger partial charge is 0.220 e. The lowest BCUT2D eigenvalue weighted by molar-refractivity contribution is -0.120. The van der Waals surface area contributed by atoms with Gasteiger partial charge in [0.15, 0.2) is 0 Å². The molecule has 1 heterocycles. The fourth-order valence-electron chi connectivity index (χ4n) is 3.37. The van der Waals surface area contributed by atoms with Crippen molar-refractivity contribution in [2.75, 3.05) is 7.05 Å². The summed E-state index contributed by atoms with van der Waals surface area (Å²) < 4.78 is 0. The highest BCUT2D eigenvalue weighted by atomic mass is 35.5. The molecule has 4 heteroatoms. The van der Waals surface area contributed by atoms with Gasteiger partial charge in [-0.3, -0.25) is 4.79 Å². The Morgan fingerprint density at radius 3 is 3.00 bits per heavy atom. The van der Waals surface area contributed by atoms with E-state index in [0.29, 0.717) is 17.4 Å². The van der Waals surface area contributed by atoms with Crippen LogP contribution in [0.3, 0.4) is 0 Å². The minimum atomic E-state index is 0.0424. The van der Waals surface area contributed by atoms with Crippen molar-refractivity contribution in [3.05, 3.63) is 63.9 Å². The molecule has 2 N–H and O–H groups in total. The lowest BCUT2D eigenvalue weighted by Crippen LogP contribution is -2.22. The molecule has 2 aromatic rings. The minimum absolute atomic E-state index is 0.0424. The summed E-state index contributed by atoms with van der Waals surface area (Å²) in [7, 11) is 1.68. The van der Waals surface area contributed by atoms with Crippen molar-refractivity contribution in [1.82, 2.24) is 10.3 Å². The van der Waals surface area contributed by atoms with E-state index in [0.717, 1.165) is 17.7 Å². The minimum Gasteiger partial charge on any atom is -0.361 e. The first kappa shape index (κ1) is 15.9. The van der Waals surface area contributed by atoms with Crippen molar-refractivity contribution >= 4 is 23.6 Å². The third-order valence-electron chi connectivity index (χ3n) is 4.58. The Labute approximate surface area is 141 Å². The van der Waals surface area contributed by atoms with Gasteiger partial charge in [0, 0.05) is 36.3 Å². The number of hydrogen-bond donors (Lipinski definition) is 2. The number of aromatic nitrogens is 1. The van der Waals surface area contributed by atoms with Crippen LogP contribution in [-0.4, -0.2) is 17.9 Å². The second-order valence-corrected chi connectivity index (χ2v) is 6.59. The number of benzene rings is 1. The molecule has 1 aromatic heterocycles. The number of halogens is 1. The van der Waals surface area contributed by atoms with E-state index in [1.165, 1.54) is 11.1 Å². The lowest BCUT2D eigenvalue weighted by atomic mass is 9.78. The Hall–Kier alpha value is -2.00. The summed E-state index contributed by atoms with van der Waals surface area (Å²) in [6.07, 6.45) is 5.57. The van der Waals surface area contributed by atoms with Crippen LogP contribution in [0.2, 0.25) is 5.02 Å². The Morgan fingerprint density at radius 1 is 1.43 bits per heavy atom. The van der Waals surface area contributed by atoms with Gasteiger partial charge in [0.2, 0.25) is 5.91 Å². The van der Waals surface area contributed by atoms with Crippen LogP contribution < -0.4 is 5.32 Å². The van der Waals surface area contributed by atoms with E-state index < -0.39 is 0 Å². The van der Waals surface area contributed by atoms with Crippen molar-refractivity contribution < 1.29 is 4.79 Å².